The SMILES string of the molecule is COC(=O)c1ccccc1NC(=O)C1CC(=O)N(c2ccc(F)c(F)c2F)C1. The number of nitrogens with one attached hydrogen (secondary N) is 1. The first-order chi connectivity index (χ1) is 13.3. The summed E-state index contributed by atoms with van der Waals surface area (Å²) in [6.45, 7) is -0.215. The van der Waals surface area contributed by atoms with Crippen LogP contribution in [0.5, 0.6) is 0 Å². The van der Waals surface area contributed by atoms with Gasteiger partial charge in [-0.2, -0.15) is 0 Å². The third-order valence-corrected chi connectivity index (χ3v) is 4.39. The Hall–Kier alpha value is -3.36. The van der Waals surface area contributed by atoms with Crippen molar-refractivity contribution in [2.45, 2.75) is 6.42 Å². The van der Waals surface area contributed by atoms with E-state index >= 15 is 0 Å². The molecule has 0 radical (unpaired) electrons. The summed E-state index contributed by atoms with van der Waals surface area (Å²) in [4.78, 5) is 37.4. The van der Waals surface area contributed by atoms with Gasteiger partial charge in [-0.15, -0.1) is 0 Å². The molecule has 0 aromatic heterocycles. The number of hydrogen-bond acceptors (Lipinski definition) is 4. The molecule has 3 rings (SSSR count). The zero-order valence-corrected chi connectivity index (χ0v) is 14.7. The molecule has 1 fully saturated rings. The molecule has 2 aromatic carbocycles. The number of amides is 2. The molecule has 1 saturated heterocycles. The van der Waals surface area contributed by atoms with Crippen LogP contribution < -0.4 is 10.2 Å². The molecule has 1 aliphatic rings. The maximum absolute atomic E-state index is 14.0. The smallest absolute Gasteiger partial charge is 0.339 e. The van der Waals surface area contributed by atoms with Crippen molar-refractivity contribution in [1.29, 1.82) is 0 Å². The fraction of sp³-hybridized carbons (Fsp3) is 0.211. The lowest BCUT2D eigenvalue weighted by molar-refractivity contribution is -0.122. The van der Waals surface area contributed by atoms with Crippen LogP contribution in [0.25, 0.3) is 0 Å². The van der Waals surface area contributed by atoms with Crippen molar-refractivity contribution in [3.8, 4) is 0 Å². The van der Waals surface area contributed by atoms with Gasteiger partial charge in [0.05, 0.1) is 30.0 Å². The van der Waals surface area contributed by atoms with E-state index < -0.39 is 46.8 Å². The second kappa shape index (κ2) is 7.71. The molecule has 0 aliphatic carbocycles. The summed E-state index contributed by atoms with van der Waals surface area (Å²) in [5.41, 5.74) is -0.107. The number of nitrogens with zero attached hydrogens (tertiary/aromatic N) is 1. The van der Waals surface area contributed by atoms with Gasteiger partial charge in [0.2, 0.25) is 11.8 Å². The molecular weight excluding hydrogens is 377 g/mol. The van der Waals surface area contributed by atoms with E-state index in [4.69, 9.17) is 0 Å². The molecule has 0 saturated carbocycles. The molecule has 2 amide bonds. The van der Waals surface area contributed by atoms with Gasteiger partial charge in [-0.05, 0) is 24.3 Å². The highest BCUT2D eigenvalue weighted by Crippen LogP contribution is 2.30. The van der Waals surface area contributed by atoms with Gasteiger partial charge in [0.15, 0.2) is 17.5 Å². The van der Waals surface area contributed by atoms with Gasteiger partial charge in [-0.3, -0.25) is 9.59 Å². The summed E-state index contributed by atoms with van der Waals surface area (Å²) in [6.07, 6.45) is -0.245. The van der Waals surface area contributed by atoms with Crippen molar-refractivity contribution in [2.75, 3.05) is 23.9 Å². The topological polar surface area (TPSA) is 75.7 Å². The second-order valence-electron chi connectivity index (χ2n) is 6.13. The number of hydrogen-bond donors (Lipinski definition) is 1. The number of methoxy groups -OCH3 is 1. The normalized spacial score (nSPS) is 16.2. The van der Waals surface area contributed by atoms with Gasteiger partial charge in [0.1, 0.15) is 0 Å². The predicted octanol–water partition coefficient (Wildman–Crippen LogP) is 2.88. The largest absolute Gasteiger partial charge is 0.465 e. The van der Waals surface area contributed by atoms with Crippen molar-refractivity contribution >= 4 is 29.2 Å². The Labute approximate surface area is 157 Å². The van der Waals surface area contributed by atoms with Gasteiger partial charge in [0.25, 0.3) is 0 Å². The second-order valence-corrected chi connectivity index (χ2v) is 6.13. The third-order valence-electron chi connectivity index (χ3n) is 4.39. The highest BCUT2D eigenvalue weighted by Gasteiger charge is 2.37. The van der Waals surface area contributed by atoms with Crippen molar-refractivity contribution < 1.29 is 32.3 Å². The molecular formula is C19H15F3N2O4. The van der Waals surface area contributed by atoms with E-state index in [1.807, 2.05) is 0 Å². The van der Waals surface area contributed by atoms with E-state index in [1.54, 1.807) is 12.1 Å². The van der Waals surface area contributed by atoms with Crippen LogP contribution in [0.15, 0.2) is 36.4 Å². The lowest BCUT2D eigenvalue weighted by atomic mass is 10.1. The molecule has 28 heavy (non-hydrogen) atoms. The van der Waals surface area contributed by atoms with Crippen molar-refractivity contribution in [1.82, 2.24) is 0 Å². The number of ether oxygens (including phenoxy) is 1. The number of anilines is 2. The molecule has 1 atom stereocenters. The van der Waals surface area contributed by atoms with Crippen LogP contribution in [-0.4, -0.2) is 31.4 Å². The monoisotopic (exact) mass is 392 g/mol. The number of rotatable bonds is 4. The van der Waals surface area contributed by atoms with Gasteiger partial charge in [-0.25, -0.2) is 18.0 Å². The zero-order valence-electron chi connectivity index (χ0n) is 14.7. The van der Waals surface area contributed by atoms with E-state index in [2.05, 4.69) is 10.1 Å². The Kier molecular flexibility index (Phi) is 5.34. The van der Waals surface area contributed by atoms with Crippen molar-refractivity contribution in [2.24, 2.45) is 5.92 Å². The fourth-order valence-corrected chi connectivity index (χ4v) is 2.96. The van der Waals surface area contributed by atoms with Crippen molar-refractivity contribution in [3.63, 3.8) is 0 Å². The van der Waals surface area contributed by atoms with Gasteiger partial charge < -0.3 is 15.0 Å². The molecule has 1 heterocycles. The van der Waals surface area contributed by atoms with Crippen LogP contribution in [-0.2, 0) is 14.3 Å². The Morgan fingerprint density at radius 1 is 1.11 bits per heavy atom. The number of para-hydroxylation sites is 1. The molecule has 9 heteroatoms. The first-order valence-corrected chi connectivity index (χ1v) is 8.25. The molecule has 1 N–H and O–H groups in total. The summed E-state index contributed by atoms with van der Waals surface area (Å²) < 4.78 is 45.2. The minimum atomic E-state index is -1.69. The fourth-order valence-electron chi connectivity index (χ4n) is 2.96. The molecule has 1 unspecified atom stereocenters. The number of carbonyl (C=O) groups is 3. The first kappa shape index (κ1) is 19.4. The molecule has 0 spiro atoms. The Morgan fingerprint density at radius 2 is 1.82 bits per heavy atom. The standard InChI is InChI=1S/C19H15F3N2O4/c1-28-19(27)11-4-2-3-5-13(11)23-18(26)10-8-15(25)24(9-10)14-7-6-12(20)16(21)17(14)22/h2-7,10H,8-9H2,1H3,(H,23,26). The molecule has 146 valence electrons. The number of esters is 1. The molecule has 6 nitrogen and oxygen atoms in total. The summed E-state index contributed by atoms with van der Waals surface area (Å²) in [6, 6.07) is 7.80. The van der Waals surface area contributed by atoms with E-state index in [9.17, 15) is 27.6 Å². The molecule has 0 bridgehead atoms. The Morgan fingerprint density at radius 3 is 2.54 bits per heavy atom. The Balaban J connectivity index is 1.78. The minimum absolute atomic E-state index is 0.131. The van der Waals surface area contributed by atoms with Gasteiger partial charge in [-0.1, -0.05) is 12.1 Å². The Bertz CT molecular complexity index is 964. The summed E-state index contributed by atoms with van der Waals surface area (Å²) >= 11 is 0. The maximum Gasteiger partial charge on any atom is 0.339 e. The lowest BCUT2D eigenvalue weighted by Crippen LogP contribution is -2.29. The highest BCUT2D eigenvalue weighted by atomic mass is 19.2. The number of benzene rings is 2. The zero-order chi connectivity index (χ0) is 20.4. The molecule has 2 aromatic rings. The van der Waals surface area contributed by atoms with E-state index in [0.29, 0.717) is 6.07 Å². The molecule has 1 aliphatic heterocycles. The first-order valence-electron chi connectivity index (χ1n) is 8.25. The quantitative estimate of drug-likeness (QED) is 0.641. The average molecular weight is 392 g/mol. The summed E-state index contributed by atoms with van der Waals surface area (Å²) in [5, 5.41) is 2.55. The van der Waals surface area contributed by atoms with Gasteiger partial charge >= 0.3 is 5.97 Å². The maximum atomic E-state index is 14.0. The van der Waals surface area contributed by atoms with Crippen LogP contribution in [0.2, 0.25) is 0 Å². The van der Waals surface area contributed by atoms with E-state index in [1.165, 1.54) is 19.2 Å². The number of halogens is 3. The van der Waals surface area contributed by atoms with Crippen LogP contribution >= 0.6 is 0 Å². The van der Waals surface area contributed by atoms with Crippen LogP contribution in [0.1, 0.15) is 16.8 Å². The van der Waals surface area contributed by atoms with Crippen LogP contribution in [0.4, 0.5) is 24.5 Å². The summed E-state index contributed by atoms with van der Waals surface area (Å²) in [5.74, 6) is -7.26. The lowest BCUT2D eigenvalue weighted by Gasteiger charge is -2.18. The third kappa shape index (κ3) is 3.55. The minimum Gasteiger partial charge on any atom is -0.465 e. The van der Waals surface area contributed by atoms with Crippen LogP contribution in [0.3, 0.4) is 0 Å². The highest BCUT2D eigenvalue weighted by molar-refractivity contribution is 6.06. The average Bonchev–Trinajstić information content (AvgIpc) is 3.07. The van der Waals surface area contributed by atoms with Crippen LogP contribution in [0, 0.1) is 23.4 Å². The summed E-state index contributed by atoms with van der Waals surface area (Å²) in [7, 11) is 1.20. The predicted molar refractivity (Wildman–Crippen MR) is 93.2 cm³/mol. The van der Waals surface area contributed by atoms with Gasteiger partial charge in [0, 0.05) is 13.0 Å². The van der Waals surface area contributed by atoms with Crippen molar-refractivity contribution in [3.05, 3.63) is 59.4 Å². The van der Waals surface area contributed by atoms with E-state index in [-0.39, 0.29) is 24.2 Å². The number of carbonyl (C=O) groups excluding carboxylic acids is 3. The van der Waals surface area contributed by atoms with E-state index in [0.717, 1.165) is 11.0 Å².